The van der Waals surface area contributed by atoms with Crippen molar-refractivity contribution < 1.29 is 8.78 Å². The Labute approximate surface area is 90.3 Å². The van der Waals surface area contributed by atoms with Gasteiger partial charge in [-0.25, -0.2) is 13.8 Å². The Balaban J connectivity index is 2.58. The Morgan fingerprint density at radius 3 is 2.60 bits per heavy atom. The Hall–Kier alpha value is -1.48. The van der Waals surface area contributed by atoms with E-state index in [1.165, 1.54) is 0 Å². The predicted molar refractivity (Wildman–Crippen MR) is 54.6 cm³/mol. The highest BCUT2D eigenvalue weighted by Gasteiger charge is 2.07. The van der Waals surface area contributed by atoms with Crippen LogP contribution in [0.1, 0.15) is 0 Å². The molecule has 0 fully saturated rings. The number of benzene rings is 1. The lowest BCUT2D eigenvalue weighted by molar-refractivity contribution is 0.602. The summed E-state index contributed by atoms with van der Waals surface area (Å²) in [5.74, 6) is -1.03. The first-order valence-corrected chi connectivity index (χ1v) is 4.62. The Kier molecular flexibility index (Phi) is 2.64. The summed E-state index contributed by atoms with van der Waals surface area (Å²) in [5, 5.41) is 0.246. The number of hydrogen-bond donors (Lipinski definition) is 0. The van der Waals surface area contributed by atoms with Crippen LogP contribution < -0.4 is 0 Å². The second kappa shape index (κ2) is 3.95. The predicted octanol–water partition coefficient (Wildman–Crippen LogP) is 3.68. The molecule has 2 rings (SSSR count). The summed E-state index contributed by atoms with van der Waals surface area (Å²) < 4.78 is 26.2. The van der Waals surface area contributed by atoms with Gasteiger partial charge in [-0.1, -0.05) is 17.7 Å². The van der Waals surface area contributed by atoms with E-state index in [1.807, 2.05) is 0 Å². The normalized spacial score (nSPS) is 10.3. The number of aromatic nitrogens is 1. The van der Waals surface area contributed by atoms with E-state index >= 15 is 0 Å². The fraction of sp³-hybridized carbons (Fsp3) is 0. The second-order valence-corrected chi connectivity index (χ2v) is 3.36. The molecular weight excluding hydrogens is 220 g/mol. The summed E-state index contributed by atoms with van der Waals surface area (Å²) >= 11 is 5.66. The quantitative estimate of drug-likeness (QED) is 0.675. The molecule has 0 unspecified atom stereocenters. The Morgan fingerprint density at radius 1 is 1.07 bits per heavy atom. The summed E-state index contributed by atoms with van der Waals surface area (Å²) in [4.78, 5) is 3.90. The molecule has 1 aromatic carbocycles. The molecule has 1 aromatic heterocycles. The van der Waals surface area contributed by atoms with Gasteiger partial charge in [-0.3, -0.25) is 0 Å². The van der Waals surface area contributed by atoms with Crippen LogP contribution in [-0.2, 0) is 0 Å². The number of rotatable bonds is 1. The van der Waals surface area contributed by atoms with Gasteiger partial charge in [0.1, 0.15) is 16.8 Å². The van der Waals surface area contributed by atoms with Crippen molar-refractivity contribution in [2.45, 2.75) is 0 Å². The van der Waals surface area contributed by atoms with E-state index < -0.39 is 11.6 Å². The van der Waals surface area contributed by atoms with Gasteiger partial charge in [-0.05, 0) is 30.3 Å². The molecule has 0 saturated heterocycles. The van der Waals surface area contributed by atoms with Gasteiger partial charge >= 0.3 is 0 Å². The topological polar surface area (TPSA) is 12.9 Å². The van der Waals surface area contributed by atoms with Crippen LogP contribution in [0.5, 0.6) is 0 Å². The third kappa shape index (κ3) is 2.13. The van der Waals surface area contributed by atoms with Gasteiger partial charge in [-0.15, -0.1) is 0 Å². The van der Waals surface area contributed by atoms with E-state index in [9.17, 15) is 8.78 Å². The lowest BCUT2D eigenvalue weighted by atomic mass is 10.1. The number of hydrogen-bond acceptors (Lipinski definition) is 1. The van der Waals surface area contributed by atoms with Crippen molar-refractivity contribution in [1.82, 2.24) is 4.98 Å². The maximum absolute atomic E-state index is 13.3. The Morgan fingerprint density at radius 2 is 1.87 bits per heavy atom. The fourth-order valence-electron chi connectivity index (χ4n) is 1.25. The summed E-state index contributed by atoms with van der Waals surface area (Å²) in [6, 6.07) is 7.99. The highest BCUT2D eigenvalue weighted by molar-refractivity contribution is 6.29. The number of pyridine rings is 1. The molecule has 0 saturated carbocycles. The van der Waals surface area contributed by atoms with Crippen LogP contribution in [-0.4, -0.2) is 4.98 Å². The number of halogens is 3. The molecule has 0 atom stereocenters. The maximum atomic E-state index is 13.3. The van der Waals surface area contributed by atoms with Crippen molar-refractivity contribution in [2.24, 2.45) is 0 Å². The van der Waals surface area contributed by atoms with E-state index in [-0.39, 0.29) is 10.7 Å². The van der Waals surface area contributed by atoms with E-state index in [0.29, 0.717) is 5.69 Å². The molecule has 0 amide bonds. The molecule has 1 nitrogen and oxygen atoms in total. The average Bonchev–Trinajstić information content (AvgIpc) is 2.22. The van der Waals surface area contributed by atoms with E-state index in [2.05, 4.69) is 4.98 Å². The molecule has 15 heavy (non-hydrogen) atoms. The molecule has 0 N–H and O–H groups in total. The molecule has 4 heteroatoms. The van der Waals surface area contributed by atoms with Crippen LogP contribution in [0.15, 0.2) is 36.4 Å². The smallest absolute Gasteiger partial charge is 0.132 e. The molecule has 0 bridgehead atoms. The minimum Gasteiger partial charge on any atom is -0.236 e. The van der Waals surface area contributed by atoms with Crippen molar-refractivity contribution in [3.05, 3.63) is 53.2 Å². The molecule has 1 heterocycles. The molecule has 0 aliphatic carbocycles. The molecule has 0 radical (unpaired) electrons. The fourth-order valence-corrected chi connectivity index (χ4v) is 1.42. The summed E-state index contributed by atoms with van der Waals surface area (Å²) in [6.07, 6.45) is 0. The molecule has 0 spiro atoms. The van der Waals surface area contributed by atoms with Crippen LogP contribution >= 0.6 is 11.6 Å². The van der Waals surface area contributed by atoms with E-state index in [0.717, 1.165) is 18.2 Å². The Bertz CT molecular complexity index is 500. The zero-order valence-electron chi connectivity index (χ0n) is 7.55. The van der Waals surface area contributed by atoms with E-state index in [1.54, 1.807) is 18.2 Å². The first kappa shape index (κ1) is 10.1. The number of nitrogens with zero attached hydrogens (tertiary/aromatic N) is 1. The van der Waals surface area contributed by atoms with Gasteiger partial charge in [0.25, 0.3) is 0 Å². The van der Waals surface area contributed by atoms with Crippen LogP contribution in [0.3, 0.4) is 0 Å². The van der Waals surface area contributed by atoms with Gasteiger partial charge in [0.05, 0.1) is 5.69 Å². The lowest BCUT2D eigenvalue weighted by Gasteiger charge is -2.02. The highest BCUT2D eigenvalue weighted by atomic mass is 35.5. The first-order chi connectivity index (χ1) is 7.16. The molecule has 0 aliphatic rings. The highest BCUT2D eigenvalue weighted by Crippen LogP contribution is 2.22. The monoisotopic (exact) mass is 225 g/mol. The van der Waals surface area contributed by atoms with Crippen LogP contribution in [0.25, 0.3) is 11.3 Å². The van der Waals surface area contributed by atoms with Gasteiger partial charge < -0.3 is 0 Å². The van der Waals surface area contributed by atoms with Gasteiger partial charge in [0.15, 0.2) is 0 Å². The minimum atomic E-state index is -0.522. The van der Waals surface area contributed by atoms with Crippen LogP contribution in [0.4, 0.5) is 8.78 Å². The zero-order chi connectivity index (χ0) is 10.8. The minimum absolute atomic E-state index is 0.109. The molecule has 0 aliphatic heterocycles. The lowest BCUT2D eigenvalue weighted by Crippen LogP contribution is -1.89. The van der Waals surface area contributed by atoms with E-state index in [4.69, 9.17) is 11.6 Å². The molecular formula is C11H6ClF2N. The van der Waals surface area contributed by atoms with Crippen LogP contribution in [0, 0.1) is 11.6 Å². The summed E-state index contributed by atoms with van der Waals surface area (Å²) in [7, 11) is 0. The summed E-state index contributed by atoms with van der Waals surface area (Å²) in [6.45, 7) is 0. The summed E-state index contributed by atoms with van der Waals surface area (Å²) in [5.41, 5.74) is 0.428. The van der Waals surface area contributed by atoms with Crippen molar-refractivity contribution in [1.29, 1.82) is 0 Å². The third-order valence-electron chi connectivity index (χ3n) is 1.92. The van der Waals surface area contributed by atoms with Gasteiger partial charge in [0, 0.05) is 5.56 Å². The van der Waals surface area contributed by atoms with Gasteiger partial charge in [-0.2, -0.15) is 0 Å². The van der Waals surface area contributed by atoms with Gasteiger partial charge in [0.2, 0.25) is 0 Å². The second-order valence-electron chi connectivity index (χ2n) is 2.97. The SMILES string of the molecule is Fc1ccc(F)c(-c2cccc(Cl)n2)c1. The van der Waals surface area contributed by atoms with Crippen molar-refractivity contribution in [3.8, 4) is 11.3 Å². The third-order valence-corrected chi connectivity index (χ3v) is 2.13. The first-order valence-electron chi connectivity index (χ1n) is 4.25. The van der Waals surface area contributed by atoms with Crippen molar-refractivity contribution >= 4 is 11.6 Å². The van der Waals surface area contributed by atoms with Crippen molar-refractivity contribution in [2.75, 3.05) is 0 Å². The van der Waals surface area contributed by atoms with Crippen LogP contribution in [0.2, 0.25) is 5.15 Å². The molecule has 2 aromatic rings. The average molecular weight is 226 g/mol. The largest absolute Gasteiger partial charge is 0.236 e. The van der Waals surface area contributed by atoms with Crippen molar-refractivity contribution in [3.63, 3.8) is 0 Å². The maximum Gasteiger partial charge on any atom is 0.132 e. The zero-order valence-corrected chi connectivity index (χ0v) is 8.30. The standard InChI is InChI=1S/C11H6ClF2N/c12-11-3-1-2-10(15-11)8-6-7(13)4-5-9(8)14/h1-6H. The molecule has 76 valence electrons.